The molecule has 0 aliphatic carbocycles. The second-order valence-corrected chi connectivity index (χ2v) is 4.72. The van der Waals surface area contributed by atoms with Gasteiger partial charge in [0.25, 0.3) is 0 Å². The molecule has 5 heteroatoms. The third-order valence-electron chi connectivity index (χ3n) is 3.37. The molecule has 1 atom stereocenters. The molecule has 1 unspecified atom stereocenters. The van der Waals surface area contributed by atoms with E-state index in [9.17, 15) is 9.59 Å². The number of anilines is 1. The Hall–Kier alpha value is -2.04. The first-order chi connectivity index (χ1) is 9.18. The number of para-hydroxylation sites is 1. The summed E-state index contributed by atoms with van der Waals surface area (Å²) in [6, 6.07) is 9.07. The lowest BCUT2D eigenvalue weighted by molar-refractivity contribution is -0.139. The molecule has 1 aliphatic rings. The first-order valence-electron chi connectivity index (χ1n) is 6.56. The van der Waals surface area contributed by atoms with E-state index >= 15 is 0 Å². The fourth-order valence-corrected chi connectivity index (χ4v) is 2.36. The van der Waals surface area contributed by atoms with Crippen molar-refractivity contribution >= 4 is 17.5 Å². The highest BCUT2D eigenvalue weighted by atomic mass is 16.2. The van der Waals surface area contributed by atoms with Gasteiger partial charge in [-0.1, -0.05) is 18.2 Å². The van der Waals surface area contributed by atoms with Crippen LogP contribution in [0.5, 0.6) is 0 Å². The smallest absolute Gasteiger partial charge is 0.242 e. The van der Waals surface area contributed by atoms with E-state index in [1.54, 1.807) is 4.90 Å². The van der Waals surface area contributed by atoms with E-state index in [2.05, 4.69) is 5.32 Å². The van der Waals surface area contributed by atoms with Crippen LogP contribution in [0.3, 0.4) is 0 Å². The highest BCUT2D eigenvalue weighted by Crippen LogP contribution is 2.17. The molecule has 102 valence electrons. The van der Waals surface area contributed by atoms with Gasteiger partial charge in [-0.05, 0) is 31.4 Å². The van der Waals surface area contributed by atoms with Crippen molar-refractivity contribution in [1.82, 2.24) is 4.90 Å². The fraction of sp³-hybridized carbons (Fsp3) is 0.429. The van der Waals surface area contributed by atoms with E-state index in [-0.39, 0.29) is 12.5 Å². The van der Waals surface area contributed by atoms with E-state index in [1.807, 2.05) is 30.3 Å². The normalized spacial score (nSPS) is 18.9. The van der Waals surface area contributed by atoms with Gasteiger partial charge in [-0.2, -0.15) is 0 Å². The van der Waals surface area contributed by atoms with Crippen molar-refractivity contribution in [3.63, 3.8) is 0 Å². The average molecular weight is 261 g/mol. The summed E-state index contributed by atoms with van der Waals surface area (Å²) in [7, 11) is 0. The maximum atomic E-state index is 12.1. The van der Waals surface area contributed by atoms with Crippen LogP contribution in [0.2, 0.25) is 0 Å². The highest BCUT2D eigenvalue weighted by Gasteiger charge is 2.30. The molecule has 2 amide bonds. The Kier molecular flexibility index (Phi) is 4.39. The standard InChI is InChI=1S/C14H19N3O2/c15-14(19)12-8-4-5-9-17(12)13(18)10-16-11-6-2-1-3-7-11/h1-3,6-7,12,16H,4-5,8-10H2,(H2,15,19). The van der Waals surface area contributed by atoms with Gasteiger partial charge in [-0.25, -0.2) is 0 Å². The second-order valence-electron chi connectivity index (χ2n) is 4.72. The quantitative estimate of drug-likeness (QED) is 0.847. The minimum absolute atomic E-state index is 0.0765. The van der Waals surface area contributed by atoms with Crippen molar-refractivity contribution in [3.8, 4) is 0 Å². The molecule has 5 nitrogen and oxygen atoms in total. The summed E-state index contributed by atoms with van der Waals surface area (Å²) in [5, 5.41) is 3.06. The molecule has 1 aromatic carbocycles. The largest absolute Gasteiger partial charge is 0.376 e. The molecule has 19 heavy (non-hydrogen) atoms. The zero-order valence-electron chi connectivity index (χ0n) is 10.8. The Balaban J connectivity index is 1.93. The van der Waals surface area contributed by atoms with Gasteiger partial charge in [0.15, 0.2) is 0 Å². The number of nitrogens with one attached hydrogen (secondary N) is 1. The number of nitrogens with zero attached hydrogens (tertiary/aromatic N) is 1. The van der Waals surface area contributed by atoms with E-state index in [0.717, 1.165) is 18.5 Å². The zero-order valence-corrected chi connectivity index (χ0v) is 10.8. The minimum atomic E-state index is -0.446. The van der Waals surface area contributed by atoms with Crippen LogP contribution in [-0.2, 0) is 9.59 Å². The molecule has 1 aliphatic heterocycles. The summed E-state index contributed by atoms with van der Waals surface area (Å²) in [5.74, 6) is -0.486. The fourth-order valence-electron chi connectivity index (χ4n) is 2.36. The van der Waals surface area contributed by atoms with Gasteiger partial charge in [0.2, 0.25) is 11.8 Å². The van der Waals surface area contributed by atoms with Crippen LogP contribution in [0.4, 0.5) is 5.69 Å². The summed E-state index contributed by atoms with van der Waals surface area (Å²) >= 11 is 0. The third kappa shape index (κ3) is 3.47. The molecule has 1 aromatic rings. The maximum Gasteiger partial charge on any atom is 0.242 e. The number of hydrogen-bond donors (Lipinski definition) is 2. The molecular formula is C14H19N3O2. The summed E-state index contributed by atoms with van der Waals surface area (Å²) in [6.45, 7) is 0.802. The van der Waals surface area contributed by atoms with Crippen LogP contribution >= 0.6 is 0 Å². The van der Waals surface area contributed by atoms with Crippen LogP contribution in [0.25, 0.3) is 0 Å². The van der Waals surface area contributed by atoms with E-state index in [0.29, 0.717) is 13.0 Å². The predicted molar refractivity (Wildman–Crippen MR) is 73.5 cm³/mol. The maximum absolute atomic E-state index is 12.1. The number of amides is 2. The van der Waals surface area contributed by atoms with E-state index < -0.39 is 11.9 Å². The number of rotatable bonds is 4. The van der Waals surface area contributed by atoms with Crippen LogP contribution in [0.1, 0.15) is 19.3 Å². The van der Waals surface area contributed by atoms with Gasteiger partial charge in [-0.3, -0.25) is 9.59 Å². The lowest BCUT2D eigenvalue weighted by Crippen LogP contribution is -2.52. The van der Waals surface area contributed by atoms with Crippen molar-refractivity contribution < 1.29 is 9.59 Å². The zero-order chi connectivity index (χ0) is 13.7. The Morgan fingerprint density at radius 3 is 2.68 bits per heavy atom. The van der Waals surface area contributed by atoms with Gasteiger partial charge in [0, 0.05) is 12.2 Å². The van der Waals surface area contributed by atoms with Crippen LogP contribution in [0.15, 0.2) is 30.3 Å². The molecule has 0 spiro atoms. The van der Waals surface area contributed by atoms with Crippen molar-refractivity contribution in [1.29, 1.82) is 0 Å². The predicted octanol–water partition coefficient (Wildman–Crippen LogP) is 0.965. The lowest BCUT2D eigenvalue weighted by atomic mass is 10.0. The van der Waals surface area contributed by atoms with Crippen molar-refractivity contribution in [3.05, 3.63) is 30.3 Å². The molecule has 0 bridgehead atoms. The molecule has 0 aromatic heterocycles. The van der Waals surface area contributed by atoms with Crippen molar-refractivity contribution in [2.75, 3.05) is 18.4 Å². The number of hydrogen-bond acceptors (Lipinski definition) is 3. The molecular weight excluding hydrogens is 242 g/mol. The van der Waals surface area contributed by atoms with E-state index in [1.165, 1.54) is 0 Å². The van der Waals surface area contributed by atoms with Gasteiger partial charge in [0.1, 0.15) is 6.04 Å². The molecule has 0 saturated carbocycles. The number of likely N-dealkylation sites (tertiary alicyclic amines) is 1. The summed E-state index contributed by atoms with van der Waals surface area (Å²) in [4.78, 5) is 25.1. The topological polar surface area (TPSA) is 75.4 Å². The van der Waals surface area contributed by atoms with Crippen LogP contribution in [-0.4, -0.2) is 35.8 Å². The monoisotopic (exact) mass is 261 g/mol. The Labute approximate surface area is 112 Å². The number of carbonyl (C=O) groups excluding carboxylic acids is 2. The Morgan fingerprint density at radius 1 is 1.26 bits per heavy atom. The van der Waals surface area contributed by atoms with Gasteiger partial charge < -0.3 is 16.0 Å². The number of piperidine rings is 1. The van der Waals surface area contributed by atoms with Crippen molar-refractivity contribution in [2.45, 2.75) is 25.3 Å². The van der Waals surface area contributed by atoms with Crippen molar-refractivity contribution in [2.24, 2.45) is 5.73 Å². The summed E-state index contributed by atoms with van der Waals surface area (Å²) < 4.78 is 0. The highest BCUT2D eigenvalue weighted by molar-refractivity contribution is 5.88. The molecule has 1 fully saturated rings. The SMILES string of the molecule is NC(=O)C1CCCCN1C(=O)CNc1ccccc1. The van der Waals surface area contributed by atoms with Gasteiger partial charge in [-0.15, -0.1) is 0 Å². The molecule has 1 heterocycles. The molecule has 2 rings (SSSR count). The van der Waals surface area contributed by atoms with E-state index in [4.69, 9.17) is 5.73 Å². The Morgan fingerprint density at radius 2 is 2.00 bits per heavy atom. The lowest BCUT2D eigenvalue weighted by Gasteiger charge is -2.33. The van der Waals surface area contributed by atoms with Gasteiger partial charge >= 0.3 is 0 Å². The molecule has 1 saturated heterocycles. The summed E-state index contributed by atoms with van der Waals surface area (Å²) in [6.07, 6.45) is 2.55. The number of carbonyl (C=O) groups is 2. The first-order valence-corrected chi connectivity index (χ1v) is 6.56. The third-order valence-corrected chi connectivity index (χ3v) is 3.37. The summed E-state index contributed by atoms with van der Waals surface area (Å²) in [5.41, 5.74) is 6.24. The number of primary amides is 1. The van der Waals surface area contributed by atoms with Gasteiger partial charge in [0.05, 0.1) is 6.54 Å². The average Bonchev–Trinajstić information content (AvgIpc) is 2.46. The number of benzene rings is 1. The molecule has 0 radical (unpaired) electrons. The minimum Gasteiger partial charge on any atom is -0.376 e. The first kappa shape index (κ1) is 13.4. The van der Waals surface area contributed by atoms with Crippen LogP contribution < -0.4 is 11.1 Å². The second kappa shape index (κ2) is 6.22. The Bertz CT molecular complexity index is 447. The number of nitrogens with two attached hydrogens (primary N) is 1. The van der Waals surface area contributed by atoms with Crippen LogP contribution in [0, 0.1) is 0 Å². The molecule has 3 N–H and O–H groups in total.